The molecule has 1 fully saturated rings. The molecular formula is C11H21NO3. The molecule has 0 radical (unpaired) electrons. The van der Waals surface area contributed by atoms with Gasteiger partial charge in [-0.25, -0.2) is 0 Å². The molecule has 2 N–H and O–H groups in total. The summed E-state index contributed by atoms with van der Waals surface area (Å²) in [6.45, 7) is 5.26. The van der Waals surface area contributed by atoms with Crippen molar-refractivity contribution in [2.24, 2.45) is 11.8 Å². The third-order valence-corrected chi connectivity index (χ3v) is 2.91. The van der Waals surface area contributed by atoms with Gasteiger partial charge < -0.3 is 15.2 Å². The van der Waals surface area contributed by atoms with Gasteiger partial charge >= 0.3 is 0 Å². The lowest BCUT2D eigenvalue weighted by atomic mass is 9.95. The number of carbonyl (C=O) groups excluding carboxylic acids is 1. The quantitative estimate of drug-likeness (QED) is 0.720. The second-order valence-electron chi connectivity index (χ2n) is 4.43. The molecule has 1 aliphatic heterocycles. The molecule has 0 saturated carbocycles. The molecule has 88 valence electrons. The number of rotatable bonds is 4. The number of amides is 1. The monoisotopic (exact) mass is 215 g/mol. The van der Waals surface area contributed by atoms with E-state index in [9.17, 15) is 4.79 Å². The Hall–Kier alpha value is -0.610. The Kier molecular flexibility index (Phi) is 5.05. The second kappa shape index (κ2) is 6.08. The molecule has 1 unspecified atom stereocenters. The topological polar surface area (TPSA) is 58.6 Å². The van der Waals surface area contributed by atoms with Crippen molar-refractivity contribution in [2.75, 3.05) is 19.8 Å². The highest BCUT2D eigenvalue weighted by Gasteiger charge is 2.24. The smallest absolute Gasteiger partial charge is 0.225 e. The van der Waals surface area contributed by atoms with Gasteiger partial charge in [-0.1, -0.05) is 13.8 Å². The van der Waals surface area contributed by atoms with Crippen molar-refractivity contribution in [3.63, 3.8) is 0 Å². The van der Waals surface area contributed by atoms with Crippen LogP contribution in [0.2, 0.25) is 0 Å². The maximum Gasteiger partial charge on any atom is 0.225 e. The van der Waals surface area contributed by atoms with Crippen molar-refractivity contribution in [2.45, 2.75) is 32.7 Å². The molecule has 1 amide bonds. The summed E-state index contributed by atoms with van der Waals surface area (Å²) in [7, 11) is 0. The predicted molar refractivity (Wildman–Crippen MR) is 57.4 cm³/mol. The minimum absolute atomic E-state index is 0.0283. The summed E-state index contributed by atoms with van der Waals surface area (Å²) in [4.78, 5) is 11.8. The van der Waals surface area contributed by atoms with Crippen LogP contribution in [-0.4, -0.2) is 36.9 Å². The first-order valence-corrected chi connectivity index (χ1v) is 5.64. The fourth-order valence-corrected chi connectivity index (χ4v) is 1.75. The van der Waals surface area contributed by atoms with Crippen molar-refractivity contribution < 1.29 is 14.6 Å². The van der Waals surface area contributed by atoms with Gasteiger partial charge in [0.1, 0.15) is 0 Å². The minimum atomic E-state index is -0.284. The molecule has 1 heterocycles. The van der Waals surface area contributed by atoms with E-state index < -0.39 is 0 Å². The van der Waals surface area contributed by atoms with E-state index in [-0.39, 0.29) is 30.4 Å². The summed E-state index contributed by atoms with van der Waals surface area (Å²) < 4.78 is 5.21. The molecular weight excluding hydrogens is 194 g/mol. The third kappa shape index (κ3) is 3.80. The number of aliphatic hydroxyl groups is 1. The van der Waals surface area contributed by atoms with E-state index in [1.165, 1.54) is 0 Å². The molecule has 1 aliphatic rings. The van der Waals surface area contributed by atoms with E-state index in [2.05, 4.69) is 5.32 Å². The van der Waals surface area contributed by atoms with Crippen molar-refractivity contribution >= 4 is 5.91 Å². The Morgan fingerprint density at radius 3 is 2.53 bits per heavy atom. The van der Waals surface area contributed by atoms with E-state index in [0.717, 1.165) is 26.1 Å². The molecule has 4 heteroatoms. The number of nitrogens with one attached hydrogen (secondary N) is 1. The normalized spacial score (nSPS) is 20.3. The van der Waals surface area contributed by atoms with E-state index in [1.807, 2.05) is 13.8 Å². The lowest BCUT2D eigenvalue weighted by molar-refractivity contribution is -0.129. The Balaban J connectivity index is 2.38. The first kappa shape index (κ1) is 12.5. The van der Waals surface area contributed by atoms with Gasteiger partial charge in [0.25, 0.3) is 0 Å². The van der Waals surface area contributed by atoms with Crippen LogP contribution in [0.5, 0.6) is 0 Å². The third-order valence-electron chi connectivity index (χ3n) is 2.91. The van der Waals surface area contributed by atoms with Crippen LogP contribution in [0.4, 0.5) is 0 Å². The zero-order chi connectivity index (χ0) is 11.3. The largest absolute Gasteiger partial charge is 0.396 e. The first-order chi connectivity index (χ1) is 7.15. The van der Waals surface area contributed by atoms with Crippen LogP contribution in [0, 0.1) is 11.8 Å². The average Bonchev–Trinajstić information content (AvgIpc) is 2.19. The Labute approximate surface area is 91.0 Å². The molecule has 1 atom stereocenters. The lowest BCUT2D eigenvalue weighted by Crippen LogP contribution is -2.44. The van der Waals surface area contributed by atoms with Gasteiger partial charge in [-0.15, -0.1) is 0 Å². The summed E-state index contributed by atoms with van der Waals surface area (Å²) in [6.07, 6.45) is 1.75. The Morgan fingerprint density at radius 2 is 2.07 bits per heavy atom. The van der Waals surface area contributed by atoms with Gasteiger partial charge in [-0.3, -0.25) is 4.79 Å². The fourth-order valence-electron chi connectivity index (χ4n) is 1.75. The molecule has 4 nitrogen and oxygen atoms in total. The van der Waals surface area contributed by atoms with Crippen LogP contribution in [-0.2, 0) is 9.53 Å². The maximum absolute atomic E-state index is 11.8. The zero-order valence-electron chi connectivity index (χ0n) is 9.53. The zero-order valence-corrected chi connectivity index (χ0v) is 9.53. The van der Waals surface area contributed by atoms with Crippen LogP contribution >= 0.6 is 0 Å². The van der Waals surface area contributed by atoms with Gasteiger partial charge in [0.05, 0.1) is 12.5 Å². The van der Waals surface area contributed by atoms with Gasteiger partial charge in [0, 0.05) is 19.3 Å². The number of hydrogen-bond donors (Lipinski definition) is 2. The summed E-state index contributed by atoms with van der Waals surface area (Å²) in [6, 6.07) is 0.221. The summed E-state index contributed by atoms with van der Waals surface area (Å²) in [5, 5.41) is 12.1. The van der Waals surface area contributed by atoms with E-state index >= 15 is 0 Å². The van der Waals surface area contributed by atoms with Crippen LogP contribution in [0.25, 0.3) is 0 Å². The number of hydrogen-bond acceptors (Lipinski definition) is 3. The molecule has 0 aromatic rings. The standard InChI is InChI=1S/C11H21NO3/c1-8(2)10(7-13)11(14)12-9-3-5-15-6-4-9/h8-10,13H,3-7H2,1-2H3,(H,12,14). The number of carbonyl (C=O) groups is 1. The highest BCUT2D eigenvalue weighted by Crippen LogP contribution is 2.12. The van der Waals surface area contributed by atoms with Gasteiger partial charge in [0.15, 0.2) is 0 Å². The highest BCUT2D eigenvalue weighted by atomic mass is 16.5. The molecule has 0 spiro atoms. The fraction of sp³-hybridized carbons (Fsp3) is 0.909. The van der Waals surface area contributed by atoms with Crippen molar-refractivity contribution in [3.8, 4) is 0 Å². The van der Waals surface area contributed by atoms with E-state index in [0.29, 0.717) is 0 Å². The number of ether oxygens (including phenoxy) is 1. The highest BCUT2D eigenvalue weighted by molar-refractivity contribution is 5.79. The maximum atomic E-state index is 11.8. The molecule has 0 bridgehead atoms. The Morgan fingerprint density at radius 1 is 1.47 bits per heavy atom. The predicted octanol–water partition coefficient (Wildman–Crippen LogP) is 0.546. The molecule has 15 heavy (non-hydrogen) atoms. The molecule has 0 aromatic heterocycles. The van der Waals surface area contributed by atoms with Crippen LogP contribution in [0.1, 0.15) is 26.7 Å². The average molecular weight is 215 g/mol. The summed E-state index contributed by atoms with van der Waals surface area (Å²) in [5.74, 6) is -0.137. The lowest BCUT2D eigenvalue weighted by Gasteiger charge is -2.26. The van der Waals surface area contributed by atoms with Gasteiger partial charge in [0.2, 0.25) is 5.91 Å². The molecule has 1 rings (SSSR count). The number of aliphatic hydroxyl groups excluding tert-OH is 1. The van der Waals surface area contributed by atoms with Crippen molar-refractivity contribution in [1.82, 2.24) is 5.32 Å². The molecule has 0 aliphatic carbocycles. The first-order valence-electron chi connectivity index (χ1n) is 5.64. The molecule has 0 aromatic carbocycles. The van der Waals surface area contributed by atoms with Crippen molar-refractivity contribution in [3.05, 3.63) is 0 Å². The minimum Gasteiger partial charge on any atom is -0.396 e. The molecule has 1 saturated heterocycles. The Bertz CT molecular complexity index is 200. The van der Waals surface area contributed by atoms with Gasteiger partial charge in [-0.2, -0.15) is 0 Å². The van der Waals surface area contributed by atoms with Crippen molar-refractivity contribution in [1.29, 1.82) is 0 Å². The van der Waals surface area contributed by atoms with Crippen LogP contribution < -0.4 is 5.32 Å². The second-order valence-corrected chi connectivity index (χ2v) is 4.43. The van der Waals surface area contributed by atoms with Crippen LogP contribution in [0.3, 0.4) is 0 Å². The SMILES string of the molecule is CC(C)C(CO)C(=O)NC1CCOCC1. The summed E-state index contributed by atoms with van der Waals surface area (Å²) in [5.41, 5.74) is 0. The summed E-state index contributed by atoms with van der Waals surface area (Å²) >= 11 is 0. The van der Waals surface area contributed by atoms with Gasteiger partial charge in [-0.05, 0) is 18.8 Å². The van der Waals surface area contributed by atoms with E-state index in [1.54, 1.807) is 0 Å². The van der Waals surface area contributed by atoms with Crippen LogP contribution in [0.15, 0.2) is 0 Å². The van der Waals surface area contributed by atoms with E-state index in [4.69, 9.17) is 9.84 Å².